The van der Waals surface area contributed by atoms with Crippen molar-refractivity contribution in [1.82, 2.24) is 20.2 Å². The van der Waals surface area contributed by atoms with Crippen molar-refractivity contribution in [3.05, 3.63) is 18.5 Å². The van der Waals surface area contributed by atoms with Crippen LogP contribution in [-0.2, 0) is 9.53 Å². The Kier molecular flexibility index (Phi) is 5.67. The van der Waals surface area contributed by atoms with Crippen LogP contribution in [0, 0.1) is 5.41 Å². The number of hydrogen-bond donors (Lipinski definition) is 1. The number of nitrogens with zero attached hydrogens (tertiary/aromatic N) is 4. The van der Waals surface area contributed by atoms with Crippen LogP contribution in [0.5, 0.6) is 0 Å². The summed E-state index contributed by atoms with van der Waals surface area (Å²) in [5.41, 5.74) is -0.207. The molecule has 5 rings (SSSR count). The van der Waals surface area contributed by atoms with Crippen molar-refractivity contribution in [3.8, 4) is 0 Å². The van der Waals surface area contributed by atoms with Crippen LogP contribution in [0.25, 0.3) is 0 Å². The molecular weight excluding hydrogens is 378 g/mol. The zero-order valence-corrected chi connectivity index (χ0v) is 18.1. The number of rotatable bonds is 5. The lowest BCUT2D eigenvalue weighted by Crippen LogP contribution is -2.54. The third-order valence-electron chi connectivity index (χ3n) is 8.15. The van der Waals surface area contributed by atoms with Crippen LogP contribution in [0.15, 0.2) is 18.5 Å². The standard InChI is InChI=1S/C23H35N5O2/c1-2-23(16-19-4-5-20(23)28(19)18-8-14-30-15-9-18)21(29)26-17-6-12-27(13-7-17)22-24-10-3-11-25-22/h3,10-11,17-20H,2,4-9,12-16H2,1H3,(H,26,29)/t19-,20+,23+/m1/s1. The van der Waals surface area contributed by atoms with E-state index in [1.807, 2.05) is 6.07 Å². The molecule has 2 bridgehead atoms. The number of aromatic nitrogens is 2. The quantitative estimate of drug-likeness (QED) is 0.799. The highest BCUT2D eigenvalue weighted by molar-refractivity contribution is 5.84. The van der Waals surface area contributed by atoms with Gasteiger partial charge in [-0.3, -0.25) is 9.69 Å². The molecule has 4 aliphatic rings. The van der Waals surface area contributed by atoms with E-state index in [0.717, 1.165) is 70.8 Å². The topological polar surface area (TPSA) is 70.6 Å². The Morgan fingerprint density at radius 1 is 1.10 bits per heavy atom. The third-order valence-corrected chi connectivity index (χ3v) is 8.15. The maximum absolute atomic E-state index is 13.6. The summed E-state index contributed by atoms with van der Waals surface area (Å²) in [7, 11) is 0. The Balaban J connectivity index is 1.22. The first kappa shape index (κ1) is 20.2. The van der Waals surface area contributed by atoms with Crippen molar-refractivity contribution < 1.29 is 9.53 Å². The van der Waals surface area contributed by atoms with Crippen LogP contribution in [0.3, 0.4) is 0 Å². The molecule has 4 fully saturated rings. The zero-order chi connectivity index (χ0) is 20.6. The fourth-order valence-electron chi connectivity index (χ4n) is 6.56. The molecule has 1 amide bonds. The van der Waals surface area contributed by atoms with Gasteiger partial charge in [-0.2, -0.15) is 0 Å². The first-order valence-electron chi connectivity index (χ1n) is 11.9. The van der Waals surface area contributed by atoms with Gasteiger partial charge in [0.1, 0.15) is 0 Å². The molecule has 1 aromatic rings. The molecule has 0 saturated carbocycles. The summed E-state index contributed by atoms with van der Waals surface area (Å²) < 4.78 is 5.60. The molecule has 4 aliphatic heterocycles. The summed E-state index contributed by atoms with van der Waals surface area (Å²) in [6, 6.07) is 3.71. The van der Waals surface area contributed by atoms with Crippen molar-refractivity contribution in [2.75, 3.05) is 31.2 Å². The Hall–Kier alpha value is -1.73. The average Bonchev–Trinajstić information content (AvgIpc) is 3.37. The second-order valence-electron chi connectivity index (χ2n) is 9.54. The lowest BCUT2D eigenvalue weighted by molar-refractivity contribution is -0.134. The van der Waals surface area contributed by atoms with E-state index in [4.69, 9.17) is 4.74 Å². The smallest absolute Gasteiger partial charge is 0.228 e. The SMILES string of the molecule is CC[C@]1(C(=O)NC2CCN(c3ncccn3)CC2)C[C@H]2CC[C@@H]1N2C1CCOCC1. The van der Waals surface area contributed by atoms with Gasteiger partial charge < -0.3 is 15.0 Å². The highest BCUT2D eigenvalue weighted by Crippen LogP contribution is 2.53. The summed E-state index contributed by atoms with van der Waals surface area (Å²) in [6.45, 7) is 5.76. The van der Waals surface area contributed by atoms with E-state index in [2.05, 4.69) is 32.0 Å². The van der Waals surface area contributed by atoms with Crippen LogP contribution < -0.4 is 10.2 Å². The van der Waals surface area contributed by atoms with Gasteiger partial charge in [0.2, 0.25) is 11.9 Å². The molecule has 7 heteroatoms. The van der Waals surface area contributed by atoms with Gasteiger partial charge in [0.05, 0.1) is 5.41 Å². The van der Waals surface area contributed by atoms with Crippen LogP contribution in [0.1, 0.15) is 58.3 Å². The summed E-state index contributed by atoms with van der Waals surface area (Å²) in [4.78, 5) is 27.3. The van der Waals surface area contributed by atoms with Crippen LogP contribution in [0.4, 0.5) is 5.95 Å². The predicted molar refractivity (Wildman–Crippen MR) is 115 cm³/mol. The van der Waals surface area contributed by atoms with Crippen molar-refractivity contribution in [3.63, 3.8) is 0 Å². The largest absolute Gasteiger partial charge is 0.381 e. The number of fused-ring (bicyclic) bond motifs is 2. The van der Waals surface area contributed by atoms with Gasteiger partial charge in [0.15, 0.2) is 0 Å². The number of amides is 1. The number of hydrogen-bond acceptors (Lipinski definition) is 6. The molecule has 1 aromatic heterocycles. The monoisotopic (exact) mass is 413 g/mol. The van der Waals surface area contributed by atoms with E-state index in [1.165, 1.54) is 12.8 Å². The van der Waals surface area contributed by atoms with Crippen LogP contribution in [-0.4, -0.2) is 71.2 Å². The second-order valence-corrected chi connectivity index (χ2v) is 9.54. The van der Waals surface area contributed by atoms with E-state index >= 15 is 0 Å². The molecule has 0 aromatic carbocycles. The number of nitrogens with one attached hydrogen (secondary N) is 1. The summed E-state index contributed by atoms with van der Waals surface area (Å²) in [6.07, 6.45) is 12.1. The Morgan fingerprint density at radius 2 is 1.83 bits per heavy atom. The van der Waals surface area contributed by atoms with Crippen molar-refractivity contribution >= 4 is 11.9 Å². The van der Waals surface area contributed by atoms with Crippen molar-refractivity contribution in [2.24, 2.45) is 5.41 Å². The molecule has 1 N–H and O–H groups in total. The first-order valence-corrected chi connectivity index (χ1v) is 11.9. The molecule has 0 aliphatic carbocycles. The van der Waals surface area contributed by atoms with Crippen LogP contribution in [0.2, 0.25) is 0 Å². The Bertz CT molecular complexity index is 732. The van der Waals surface area contributed by atoms with Crippen LogP contribution >= 0.6 is 0 Å². The van der Waals surface area contributed by atoms with Gasteiger partial charge in [0.25, 0.3) is 0 Å². The molecule has 3 atom stereocenters. The average molecular weight is 414 g/mol. The molecule has 4 saturated heterocycles. The van der Waals surface area contributed by atoms with E-state index in [-0.39, 0.29) is 11.5 Å². The number of ether oxygens (including phenoxy) is 1. The summed E-state index contributed by atoms with van der Waals surface area (Å²) in [5.74, 6) is 1.11. The normalized spacial score (nSPS) is 33.2. The molecule has 0 unspecified atom stereocenters. The number of carbonyl (C=O) groups excluding carboxylic acids is 1. The lowest BCUT2D eigenvalue weighted by Gasteiger charge is -2.40. The fraction of sp³-hybridized carbons (Fsp3) is 0.783. The minimum atomic E-state index is -0.207. The van der Waals surface area contributed by atoms with E-state index in [0.29, 0.717) is 24.0 Å². The van der Waals surface area contributed by atoms with Gasteiger partial charge in [-0.05, 0) is 57.4 Å². The van der Waals surface area contributed by atoms with Gasteiger partial charge in [-0.15, -0.1) is 0 Å². The lowest BCUT2D eigenvalue weighted by atomic mass is 9.71. The van der Waals surface area contributed by atoms with E-state index in [9.17, 15) is 4.79 Å². The summed E-state index contributed by atoms with van der Waals surface area (Å²) in [5, 5.41) is 3.48. The maximum Gasteiger partial charge on any atom is 0.228 e. The molecule has 164 valence electrons. The van der Waals surface area contributed by atoms with E-state index in [1.54, 1.807) is 12.4 Å². The predicted octanol–water partition coefficient (Wildman–Crippen LogP) is 2.37. The number of anilines is 1. The van der Waals surface area contributed by atoms with Gasteiger partial charge in [-0.25, -0.2) is 9.97 Å². The summed E-state index contributed by atoms with van der Waals surface area (Å²) >= 11 is 0. The Labute approximate surface area is 179 Å². The zero-order valence-electron chi connectivity index (χ0n) is 18.1. The molecule has 0 radical (unpaired) electrons. The highest BCUT2D eigenvalue weighted by atomic mass is 16.5. The molecule has 0 spiro atoms. The van der Waals surface area contributed by atoms with Crippen molar-refractivity contribution in [2.45, 2.75) is 82.5 Å². The van der Waals surface area contributed by atoms with Crippen molar-refractivity contribution in [1.29, 1.82) is 0 Å². The molecule has 5 heterocycles. The molecular formula is C23H35N5O2. The minimum absolute atomic E-state index is 0.207. The van der Waals surface area contributed by atoms with Gasteiger partial charge in [0, 0.05) is 62.9 Å². The second kappa shape index (κ2) is 8.42. The van der Waals surface area contributed by atoms with Gasteiger partial charge >= 0.3 is 0 Å². The number of piperidine rings is 1. The fourth-order valence-corrected chi connectivity index (χ4v) is 6.56. The first-order chi connectivity index (χ1) is 14.7. The molecule has 30 heavy (non-hydrogen) atoms. The minimum Gasteiger partial charge on any atom is -0.381 e. The highest BCUT2D eigenvalue weighted by Gasteiger charge is 2.60. The van der Waals surface area contributed by atoms with Gasteiger partial charge in [-0.1, -0.05) is 6.92 Å². The molecule has 7 nitrogen and oxygen atoms in total. The van der Waals surface area contributed by atoms with E-state index < -0.39 is 0 Å². The third kappa shape index (κ3) is 3.50. The Morgan fingerprint density at radius 3 is 2.53 bits per heavy atom. The number of carbonyl (C=O) groups is 1. The maximum atomic E-state index is 13.6.